The molecular weight excluding hydrogens is 160 g/mol. The van der Waals surface area contributed by atoms with Crippen molar-refractivity contribution in [1.82, 2.24) is 0 Å². The van der Waals surface area contributed by atoms with E-state index >= 15 is 0 Å². The highest BCUT2D eigenvalue weighted by Gasteiger charge is 2.29. The Labute approximate surface area is 79.4 Å². The van der Waals surface area contributed by atoms with Crippen molar-refractivity contribution < 1.29 is 5.11 Å². The molecule has 1 nitrogen and oxygen atoms in total. The highest BCUT2D eigenvalue weighted by Crippen LogP contribution is 2.38. The van der Waals surface area contributed by atoms with Crippen molar-refractivity contribution in [2.24, 2.45) is 0 Å². The topological polar surface area (TPSA) is 20.2 Å². The summed E-state index contributed by atoms with van der Waals surface area (Å²) in [5, 5.41) is 9.04. The third-order valence-electron chi connectivity index (χ3n) is 3.11. The van der Waals surface area contributed by atoms with Crippen LogP contribution in [-0.2, 0) is 18.4 Å². The van der Waals surface area contributed by atoms with Crippen molar-refractivity contribution in [1.29, 1.82) is 0 Å². The van der Waals surface area contributed by atoms with Gasteiger partial charge in [0.1, 0.15) is 0 Å². The fraction of sp³-hybridized carbons (Fsp3) is 0.500. The van der Waals surface area contributed by atoms with Gasteiger partial charge in [0.05, 0.1) is 6.61 Å². The normalized spacial score (nSPS) is 18.7. The SMILES string of the molecule is CC1(C)CCc2ccc(CO)cc21. The van der Waals surface area contributed by atoms with E-state index < -0.39 is 0 Å². The molecule has 1 heteroatoms. The summed E-state index contributed by atoms with van der Waals surface area (Å²) in [6.07, 6.45) is 2.42. The minimum absolute atomic E-state index is 0.156. The molecule has 0 heterocycles. The van der Waals surface area contributed by atoms with Crippen LogP contribution in [0.25, 0.3) is 0 Å². The van der Waals surface area contributed by atoms with Gasteiger partial charge in [-0.25, -0.2) is 0 Å². The number of aliphatic hydroxyl groups is 1. The van der Waals surface area contributed by atoms with E-state index in [0.29, 0.717) is 5.41 Å². The summed E-state index contributed by atoms with van der Waals surface area (Å²) in [6.45, 7) is 4.71. The Morgan fingerprint density at radius 2 is 2.15 bits per heavy atom. The van der Waals surface area contributed by atoms with Crippen LogP contribution in [0.2, 0.25) is 0 Å². The third kappa shape index (κ3) is 1.37. The second-order valence-electron chi connectivity index (χ2n) is 4.53. The van der Waals surface area contributed by atoms with Gasteiger partial charge in [-0.2, -0.15) is 0 Å². The maximum Gasteiger partial charge on any atom is 0.0681 e. The van der Waals surface area contributed by atoms with Gasteiger partial charge in [0.2, 0.25) is 0 Å². The van der Waals surface area contributed by atoms with E-state index in [1.807, 2.05) is 6.07 Å². The van der Waals surface area contributed by atoms with Gasteiger partial charge < -0.3 is 5.11 Å². The minimum atomic E-state index is 0.156. The van der Waals surface area contributed by atoms with E-state index in [9.17, 15) is 0 Å². The minimum Gasteiger partial charge on any atom is -0.392 e. The van der Waals surface area contributed by atoms with Crippen molar-refractivity contribution >= 4 is 0 Å². The van der Waals surface area contributed by atoms with Crippen molar-refractivity contribution in [2.45, 2.75) is 38.7 Å². The van der Waals surface area contributed by atoms with E-state index in [0.717, 1.165) is 5.56 Å². The van der Waals surface area contributed by atoms with Crippen LogP contribution in [0.5, 0.6) is 0 Å². The molecule has 0 aromatic heterocycles. The second kappa shape index (κ2) is 2.85. The molecule has 0 unspecified atom stereocenters. The predicted molar refractivity (Wildman–Crippen MR) is 53.7 cm³/mol. The summed E-state index contributed by atoms with van der Waals surface area (Å²) in [7, 11) is 0. The van der Waals surface area contributed by atoms with Gasteiger partial charge >= 0.3 is 0 Å². The van der Waals surface area contributed by atoms with Crippen LogP contribution in [0.4, 0.5) is 0 Å². The van der Waals surface area contributed by atoms with Crippen molar-refractivity contribution in [2.75, 3.05) is 0 Å². The zero-order valence-electron chi connectivity index (χ0n) is 8.30. The number of fused-ring (bicyclic) bond motifs is 1. The van der Waals surface area contributed by atoms with Crippen LogP contribution in [0.15, 0.2) is 18.2 Å². The number of rotatable bonds is 1. The molecule has 2 rings (SSSR count). The molecular formula is C12H16O. The highest BCUT2D eigenvalue weighted by molar-refractivity contribution is 5.40. The predicted octanol–water partition coefficient (Wildman–Crippen LogP) is 2.40. The molecule has 1 aromatic carbocycles. The summed E-state index contributed by atoms with van der Waals surface area (Å²) >= 11 is 0. The maximum atomic E-state index is 9.04. The number of hydrogen-bond donors (Lipinski definition) is 1. The molecule has 0 bridgehead atoms. The largest absolute Gasteiger partial charge is 0.392 e. The lowest BCUT2D eigenvalue weighted by atomic mass is 9.86. The lowest BCUT2D eigenvalue weighted by molar-refractivity contribution is 0.281. The Balaban J connectivity index is 2.50. The first-order valence-electron chi connectivity index (χ1n) is 4.86. The van der Waals surface area contributed by atoms with Gasteiger partial charge in [-0.05, 0) is 34.9 Å². The van der Waals surface area contributed by atoms with Gasteiger partial charge in [0, 0.05) is 0 Å². The van der Waals surface area contributed by atoms with Gasteiger partial charge in [-0.1, -0.05) is 32.0 Å². The smallest absolute Gasteiger partial charge is 0.0681 e. The first kappa shape index (κ1) is 8.76. The summed E-state index contributed by atoms with van der Waals surface area (Å²) in [6, 6.07) is 6.35. The van der Waals surface area contributed by atoms with Crippen molar-refractivity contribution in [3.8, 4) is 0 Å². The molecule has 0 radical (unpaired) electrons. The highest BCUT2D eigenvalue weighted by atomic mass is 16.3. The number of hydrogen-bond acceptors (Lipinski definition) is 1. The molecule has 13 heavy (non-hydrogen) atoms. The molecule has 0 spiro atoms. The molecule has 1 aromatic rings. The average molecular weight is 176 g/mol. The molecule has 1 N–H and O–H groups in total. The van der Waals surface area contributed by atoms with Crippen molar-refractivity contribution in [3.63, 3.8) is 0 Å². The van der Waals surface area contributed by atoms with Crippen LogP contribution in [0, 0.1) is 0 Å². The molecule has 0 saturated heterocycles. The fourth-order valence-corrected chi connectivity index (χ4v) is 2.15. The molecule has 0 fully saturated rings. The van der Waals surface area contributed by atoms with Crippen LogP contribution in [0.1, 0.15) is 37.0 Å². The Bertz CT molecular complexity index is 326. The Morgan fingerprint density at radius 3 is 2.85 bits per heavy atom. The van der Waals surface area contributed by atoms with E-state index in [4.69, 9.17) is 5.11 Å². The zero-order chi connectivity index (χ0) is 9.47. The average Bonchev–Trinajstić information content (AvgIpc) is 2.42. The van der Waals surface area contributed by atoms with Crippen LogP contribution < -0.4 is 0 Å². The van der Waals surface area contributed by atoms with Crippen molar-refractivity contribution in [3.05, 3.63) is 34.9 Å². The first-order valence-corrected chi connectivity index (χ1v) is 4.86. The Hall–Kier alpha value is -0.820. The Morgan fingerprint density at radius 1 is 1.38 bits per heavy atom. The monoisotopic (exact) mass is 176 g/mol. The lowest BCUT2D eigenvalue weighted by Gasteiger charge is -2.19. The van der Waals surface area contributed by atoms with Gasteiger partial charge in [0.25, 0.3) is 0 Å². The summed E-state index contributed by atoms with van der Waals surface area (Å²) in [4.78, 5) is 0. The molecule has 1 aliphatic carbocycles. The van der Waals surface area contributed by atoms with E-state index in [1.165, 1.54) is 24.0 Å². The number of benzene rings is 1. The summed E-state index contributed by atoms with van der Waals surface area (Å²) in [5.74, 6) is 0. The van der Waals surface area contributed by atoms with E-state index in [-0.39, 0.29) is 6.61 Å². The van der Waals surface area contributed by atoms with Crippen LogP contribution in [0.3, 0.4) is 0 Å². The standard InChI is InChI=1S/C12H16O/c1-12(2)6-5-10-4-3-9(8-13)7-11(10)12/h3-4,7,13H,5-6,8H2,1-2H3. The van der Waals surface area contributed by atoms with Crippen LogP contribution >= 0.6 is 0 Å². The number of aliphatic hydroxyl groups excluding tert-OH is 1. The molecule has 0 amide bonds. The molecule has 1 aliphatic rings. The van der Waals surface area contributed by atoms with E-state index in [1.54, 1.807) is 0 Å². The zero-order valence-corrected chi connectivity index (χ0v) is 8.30. The summed E-state index contributed by atoms with van der Waals surface area (Å²) in [5.41, 5.74) is 4.23. The molecule has 0 atom stereocenters. The molecule has 0 aliphatic heterocycles. The summed E-state index contributed by atoms with van der Waals surface area (Å²) < 4.78 is 0. The first-order chi connectivity index (χ1) is 6.13. The maximum absolute atomic E-state index is 9.04. The van der Waals surface area contributed by atoms with Crippen LogP contribution in [-0.4, -0.2) is 5.11 Å². The van der Waals surface area contributed by atoms with Gasteiger partial charge in [0.15, 0.2) is 0 Å². The number of aryl methyl sites for hydroxylation is 1. The molecule has 0 saturated carbocycles. The van der Waals surface area contributed by atoms with Gasteiger partial charge in [-0.15, -0.1) is 0 Å². The second-order valence-corrected chi connectivity index (χ2v) is 4.53. The van der Waals surface area contributed by atoms with E-state index in [2.05, 4.69) is 26.0 Å². The quantitative estimate of drug-likeness (QED) is 0.696. The fourth-order valence-electron chi connectivity index (χ4n) is 2.15. The molecule has 70 valence electrons. The Kier molecular flexibility index (Phi) is 1.92. The van der Waals surface area contributed by atoms with Gasteiger partial charge in [-0.3, -0.25) is 0 Å². The third-order valence-corrected chi connectivity index (χ3v) is 3.11. The lowest BCUT2D eigenvalue weighted by Crippen LogP contribution is -2.12.